The number of anilines is 1. The van der Waals surface area contributed by atoms with Crippen LogP contribution in [0, 0.1) is 11.3 Å². The highest BCUT2D eigenvalue weighted by Gasteiger charge is 2.53. The Labute approximate surface area is 159 Å². The fourth-order valence-corrected chi connectivity index (χ4v) is 5.86. The van der Waals surface area contributed by atoms with Crippen molar-refractivity contribution < 1.29 is 17.9 Å². The van der Waals surface area contributed by atoms with Crippen molar-refractivity contribution in [3.63, 3.8) is 0 Å². The maximum atomic E-state index is 13.2. The van der Waals surface area contributed by atoms with Crippen LogP contribution in [0.25, 0.3) is 0 Å². The third kappa shape index (κ3) is 2.85. The summed E-state index contributed by atoms with van der Waals surface area (Å²) in [7, 11) is -3.57. The number of sulfonamides is 1. The van der Waals surface area contributed by atoms with Gasteiger partial charge in [-0.3, -0.25) is 4.79 Å². The molecule has 27 heavy (non-hydrogen) atoms. The molecule has 0 aromatic heterocycles. The number of benzene rings is 1. The average Bonchev–Trinajstić information content (AvgIpc) is 3.30. The van der Waals surface area contributed by atoms with Crippen LogP contribution in [0.3, 0.4) is 0 Å². The van der Waals surface area contributed by atoms with Crippen LogP contribution >= 0.6 is 0 Å². The lowest BCUT2D eigenvalue weighted by Gasteiger charge is -2.32. The minimum atomic E-state index is -3.57. The van der Waals surface area contributed by atoms with Crippen LogP contribution in [-0.2, 0) is 25.2 Å². The molecule has 0 bridgehead atoms. The molecule has 0 aliphatic carbocycles. The van der Waals surface area contributed by atoms with Crippen molar-refractivity contribution in [2.45, 2.75) is 49.0 Å². The molecule has 0 radical (unpaired) electrons. The molecule has 1 aromatic rings. The number of hydrogen-bond donors (Lipinski definition) is 0. The van der Waals surface area contributed by atoms with E-state index in [1.54, 1.807) is 23.1 Å². The highest BCUT2D eigenvalue weighted by Crippen LogP contribution is 2.48. The second kappa shape index (κ2) is 6.89. The third-order valence-electron chi connectivity index (χ3n) is 5.71. The van der Waals surface area contributed by atoms with Gasteiger partial charge in [-0.25, -0.2) is 8.42 Å². The van der Waals surface area contributed by atoms with E-state index in [4.69, 9.17) is 10.00 Å². The number of hydrogen-bond acceptors (Lipinski definition) is 5. The number of nitriles is 1. The Morgan fingerprint density at radius 1 is 1.19 bits per heavy atom. The summed E-state index contributed by atoms with van der Waals surface area (Å²) in [5.41, 5.74) is 0.183. The molecule has 1 spiro atoms. The number of fused-ring (bicyclic) bond motifs is 2. The Bertz CT molecular complexity index is 894. The zero-order chi connectivity index (χ0) is 19.1. The van der Waals surface area contributed by atoms with Gasteiger partial charge >= 0.3 is 0 Å². The fourth-order valence-electron chi connectivity index (χ4n) is 4.31. The van der Waals surface area contributed by atoms with E-state index in [0.717, 1.165) is 25.7 Å². The number of rotatable bonds is 4. The van der Waals surface area contributed by atoms with Crippen LogP contribution in [0.5, 0.6) is 0 Å². The first-order valence-corrected chi connectivity index (χ1v) is 10.9. The molecule has 3 heterocycles. The predicted octanol–water partition coefficient (Wildman–Crippen LogP) is 2.13. The SMILES string of the molecule is N#CCCN1C(=O)C2(CCCCO2)c2cc(S(=O)(=O)N3CCCC3)ccc21. The lowest BCUT2D eigenvalue weighted by molar-refractivity contribution is -0.150. The minimum Gasteiger partial charge on any atom is -0.360 e. The molecule has 0 saturated carbocycles. The first kappa shape index (κ1) is 18.4. The minimum absolute atomic E-state index is 0.178. The van der Waals surface area contributed by atoms with Gasteiger partial charge < -0.3 is 9.64 Å². The van der Waals surface area contributed by atoms with Gasteiger partial charge in [0.2, 0.25) is 10.0 Å². The van der Waals surface area contributed by atoms with Crippen molar-refractivity contribution in [3.05, 3.63) is 23.8 Å². The number of nitrogens with zero attached hydrogens (tertiary/aromatic N) is 3. The Hall–Kier alpha value is -1.95. The van der Waals surface area contributed by atoms with E-state index < -0.39 is 15.6 Å². The molecule has 144 valence electrons. The summed E-state index contributed by atoms with van der Waals surface area (Å²) in [6.45, 7) is 1.83. The third-order valence-corrected chi connectivity index (χ3v) is 7.60. The normalized spacial score (nSPS) is 25.7. The molecule has 1 atom stereocenters. The molecular formula is C19H23N3O4S. The molecule has 1 unspecified atom stereocenters. The van der Waals surface area contributed by atoms with Crippen molar-refractivity contribution in [2.24, 2.45) is 0 Å². The second-order valence-electron chi connectivity index (χ2n) is 7.29. The van der Waals surface area contributed by atoms with E-state index in [0.29, 0.717) is 37.4 Å². The number of carbonyl (C=O) groups is 1. The Kier molecular flexibility index (Phi) is 4.70. The average molecular weight is 389 g/mol. The van der Waals surface area contributed by atoms with Crippen LogP contribution in [0.2, 0.25) is 0 Å². The van der Waals surface area contributed by atoms with Crippen molar-refractivity contribution >= 4 is 21.6 Å². The highest BCUT2D eigenvalue weighted by molar-refractivity contribution is 7.89. The van der Waals surface area contributed by atoms with Gasteiger partial charge in [0.25, 0.3) is 5.91 Å². The first-order chi connectivity index (χ1) is 13.0. The molecule has 3 aliphatic heterocycles. The summed E-state index contributed by atoms with van der Waals surface area (Å²) < 4.78 is 33.5. The number of carbonyl (C=O) groups excluding carboxylic acids is 1. The summed E-state index contributed by atoms with van der Waals surface area (Å²) >= 11 is 0. The molecule has 1 aromatic carbocycles. The van der Waals surface area contributed by atoms with Gasteiger partial charge in [-0.1, -0.05) is 0 Å². The standard InChI is InChI=1S/C19H23N3O4S/c20-9-5-12-22-17-7-6-15(27(24,25)21-10-2-3-11-21)14-16(17)19(18(22)23)8-1-4-13-26-19/h6-7,14H,1-5,8,10-13H2. The van der Waals surface area contributed by atoms with Crippen LogP contribution in [0.15, 0.2) is 23.1 Å². The van der Waals surface area contributed by atoms with Crippen molar-refractivity contribution in [1.82, 2.24) is 4.31 Å². The molecule has 2 saturated heterocycles. The van der Waals surface area contributed by atoms with Gasteiger partial charge in [0, 0.05) is 31.8 Å². The second-order valence-corrected chi connectivity index (χ2v) is 9.23. The lowest BCUT2D eigenvalue weighted by atomic mass is 9.87. The lowest BCUT2D eigenvalue weighted by Crippen LogP contribution is -2.44. The van der Waals surface area contributed by atoms with Gasteiger partial charge in [-0.2, -0.15) is 9.57 Å². The number of ether oxygens (including phenoxy) is 1. The van der Waals surface area contributed by atoms with E-state index in [2.05, 4.69) is 6.07 Å². The van der Waals surface area contributed by atoms with Crippen molar-refractivity contribution in [2.75, 3.05) is 31.1 Å². The molecular weight excluding hydrogens is 366 g/mol. The van der Waals surface area contributed by atoms with E-state index in [1.165, 1.54) is 4.31 Å². The largest absolute Gasteiger partial charge is 0.360 e. The molecule has 8 heteroatoms. The van der Waals surface area contributed by atoms with Crippen molar-refractivity contribution in [1.29, 1.82) is 5.26 Å². The molecule has 3 aliphatic rings. The Balaban J connectivity index is 1.79. The van der Waals surface area contributed by atoms with Gasteiger partial charge in [-0.15, -0.1) is 0 Å². The summed E-state index contributed by atoms with van der Waals surface area (Å²) in [6, 6.07) is 6.96. The highest BCUT2D eigenvalue weighted by atomic mass is 32.2. The van der Waals surface area contributed by atoms with E-state index >= 15 is 0 Å². The quantitative estimate of drug-likeness (QED) is 0.787. The topological polar surface area (TPSA) is 90.7 Å². The monoisotopic (exact) mass is 389 g/mol. The Morgan fingerprint density at radius 2 is 1.96 bits per heavy atom. The van der Waals surface area contributed by atoms with E-state index in [9.17, 15) is 13.2 Å². The van der Waals surface area contributed by atoms with Crippen molar-refractivity contribution in [3.8, 4) is 6.07 Å². The molecule has 1 amide bonds. The van der Waals surface area contributed by atoms with E-state index in [-0.39, 0.29) is 23.8 Å². The summed E-state index contributed by atoms with van der Waals surface area (Å²) in [4.78, 5) is 15.0. The molecule has 7 nitrogen and oxygen atoms in total. The summed E-state index contributed by atoms with van der Waals surface area (Å²) in [6.07, 6.45) is 4.23. The van der Waals surface area contributed by atoms with Crippen LogP contribution in [-0.4, -0.2) is 44.9 Å². The maximum Gasteiger partial charge on any atom is 0.263 e. The van der Waals surface area contributed by atoms with Gasteiger partial charge in [0.1, 0.15) is 0 Å². The van der Waals surface area contributed by atoms with Gasteiger partial charge in [-0.05, 0) is 50.3 Å². The maximum absolute atomic E-state index is 13.2. The predicted molar refractivity (Wildman–Crippen MR) is 98.5 cm³/mol. The van der Waals surface area contributed by atoms with Crippen LogP contribution in [0.4, 0.5) is 5.69 Å². The first-order valence-electron chi connectivity index (χ1n) is 9.48. The summed E-state index contributed by atoms with van der Waals surface area (Å²) in [5, 5.41) is 8.93. The number of amides is 1. The Morgan fingerprint density at radius 3 is 2.63 bits per heavy atom. The van der Waals surface area contributed by atoms with Crippen LogP contribution < -0.4 is 4.90 Å². The molecule has 4 rings (SSSR count). The summed E-state index contributed by atoms with van der Waals surface area (Å²) in [5.74, 6) is -0.178. The van der Waals surface area contributed by atoms with Crippen LogP contribution in [0.1, 0.15) is 44.1 Å². The fraction of sp³-hybridized carbons (Fsp3) is 0.579. The van der Waals surface area contributed by atoms with Gasteiger partial charge in [0.15, 0.2) is 5.60 Å². The van der Waals surface area contributed by atoms with Gasteiger partial charge in [0.05, 0.1) is 23.1 Å². The smallest absolute Gasteiger partial charge is 0.263 e. The molecule has 0 N–H and O–H groups in total. The molecule has 2 fully saturated rings. The zero-order valence-electron chi connectivity index (χ0n) is 15.2. The zero-order valence-corrected chi connectivity index (χ0v) is 16.0. The van der Waals surface area contributed by atoms with E-state index in [1.807, 2.05) is 0 Å².